The molecule has 0 amide bonds. The van der Waals surface area contributed by atoms with Crippen molar-refractivity contribution in [2.75, 3.05) is 6.61 Å². The lowest BCUT2D eigenvalue weighted by atomic mass is 9.67. The SMILES string of the molecule is CC1(C)CCC(N)(c2cccc3c2OCCC3)CC1. The number of nitrogens with two attached hydrogens (primary N) is 1. The Morgan fingerprint density at radius 2 is 1.84 bits per heavy atom. The van der Waals surface area contributed by atoms with Crippen molar-refractivity contribution in [2.45, 2.75) is 57.9 Å². The second kappa shape index (κ2) is 4.52. The topological polar surface area (TPSA) is 35.2 Å². The highest BCUT2D eigenvalue weighted by atomic mass is 16.5. The van der Waals surface area contributed by atoms with Crippen LogP contribution in [0.25, 0.3) is 0 Å². The van der Waals surface area contributed by atoms with Crippen LogP contribution >= 0.6 is 0 Å². The van der Waals surface area contributed by atoms with Crippen molar-refractivity contribution in [3.05, 3.63) is 29.3 Å². The third kappa shape index (κ3) is 2.38. The number of para-hydroxylation sites is 1. The second-order valence-corrected chi connectivity index (χ2v) is 7.07. The van der Waals surface area contributed by atoms with Crippen molar-refractivity contribution in [3.63, 3.8) is 0 Å². The van der Waals surface area contributed by atoms with Crippen molar-refractivity contribution < 1.29 is 4.74 Å². The van der Waals surface area contributed by atoms with Crippen LogP contribution in [0, 0.1) is 5.41 Å². The van der Waals surface area contributed by atoms with E-state index in [0.717, 1.165) is 38.0 Å². The molecule has 2 heteroatoms. The molecule has 0 aromatic heterocycles. The molecular weight excluding hydrogens is 234 g/mol. The molecule has 19 heavy (non-hydrogen) atoms. The molecule has 0 radical (unpaired) electrons. The molecule has 0 spiro atoms. The quantitative estimate of drug-likeness (QED) is 0.833. The number of fused-ring (bicyclic) bond motifs is 1. The fourth-order valence-corrected chi connectivity index (χ4v) is 3.42. The molecule has 0 atom stereocenters. The summed E-state index contributed by atoms with van der Waals surface area (Å²) in [4.78, 5) is 0. The summed E-state index contributed by atoms with van der Waals surface area (Å²) in [6, 6.07) is 6.52. The molecule has 1 aromatic rings. The lowest BCUT2D eigenvalue weighted by Crippen LogP contribution is -2.43. The van der Waals surface area contributed by atoms with E-state index in [4.69, 9.17) is 10.5 Å². The van der Waals surface area contributed by atoms with Gasteiger partial charge in [-0.2, -0.15) is 0 Å². The average Bonchev–Trinajstić information content (AvgIpc) is 2.42. The van der Waals surface area contributed by atoms with E-state index in [1.807, 2.05) is 0 Å². The van der Waals surface area contributed by atoms with E-state index in [1.165, 1.54) is 24.0 Å². The van der Waals surface area contributed by atoms with Crippen LogP contribution in [0.3, 0.4) is 0 Å². The Hall–Kier alpha value is -1.02. The maximum absolute atomic E-state index is 6.75. The first kappa shape index (κ1) is 13.0. The zero-order valence-electron chi connectivity index (χ0n) is 12.2. The van der Waals surface area contributed by atoms with Crippen molar-refractivity contribution in [1.29, 1.82) is 0 Å². The van der Waals surface area contributed by atoms with Crippen LogP contribution in [0.2, 0.25) is 0 Å². The standard InChI is InChI=1S/C17H25NO/c1-16(2)8-10-17(18,11-9-16)14-7-3-5-13-6-4-12-19-15(13)14/h3,5,7H,4,6,8-12,18H2,1-2H3. The van der Waals surface area contributed by atoms with Gasteiger partial charge < -0.3 is 10.5 Å². The van der Waals surface area contributed by atoms with Crippen molar-refractivity contribution in [1.82, 2.24) is 0 Å². The van der Waals surface area contributed by atoms with Gasteiger partial charge in [0.25, 0.3) is 0 Å². The maximum atomic E-state index is 6.75. The number of benzene rings is 1. The fraction of sp³-hybridized carbons (Fsp3) is 0.647. The number of aryl methyl sites for hydroxylation is 1. The first-order chi connectivity index (χ1) is 9.00. The monoisotopic (exact) mass is 259 g/mol. The van der Waals surface area contributed by atoms with Gasteiger partial charge in [-0.05, 0) is 49.5 Å². The lowest BCUT2D eigenvalue weighted by Gasteiger charge is -2.42. The minimum absolute atomic E-state index is 0.182. The Bertz CT molecular complexity index is 468. The molecule has 2 nitrogen and oxygen atoms in total. The van der Waals surface area contributed by atoms with Crippen molar-refractivity contribution in [2.24, 2.45) is 11.1 Å². The van der Waals surface area contributed by atoms with Crippen molar-refractivity contribution in [3.8, 4) is 5.75 Å². The highest BCUT2D eigenvalue weighted by Crippen LogP contribution is 2.47. The molecule has 0 unspecified atom stereocenters. The first-order valence-corrected chi connectivity index (χ1v) is 7.54. The molecule has 1 aliphatic carbocycles. The van der Waals surface area contributed by atoms with E-state index in [-0.39, 0.29) is 5.54 Å². The smallest absolute Gasteiger partial charge is 0.127 e. The van der Waals surface area contributed by atoms with Gasteiger partial charge in [0.15, 0.2) is 0 Å². The van der Waals surface area contributed by atoms with E-state index < -0.39 is 0 Å². The van der Waals surface area contributed by atoms with Crippen LogP contribution in [-0.4, -0.2) is 6.61 Å². The van der Waals surface area contributed by atoms with E-state index in [0.29, 0.717) is 5.41 Å². The molecule has 1 aromatic carbocycles. The second-order valence-electron chi connectivity index (χ2n) is 7.07. The Morgan fingerprint density at radius 1 is 1.11 bits per heavy atom. The van der Waals surface area contributed by atoms with Crippen molar-refractivity contribution >= 4 is 0 Å². The molecule has 1 fully saturated rings. The largest absolute Gasteiger partial charge is 0.493 e. The van der Waals surface area contributed by atoms with E-state index in [1.54, 1.807) is 0 Å². The molecule has 3 rings (SSSR count). The molecule has 104 valence electrons. The summed E-state index contributed by atoms with van der Waals surface area (Å²) >= 11 is 0. The summed E-state index contributed by atoms with van der Waals surface area (Å²) in [7, 11) is 0. The lowest BCUT2D eigenvalue weighted by molar-refractivity contribution is 0.160. The Balaban J connectivity index is 1.94. The molecule has 2 N–H and O–H groups in total. The average molecular weight is 259 g/mol. The zero-order valence-corrected chi connectivity index (χ0v) is 12.2. The van der Waals surface area contributed by atoms with Gasteiger partial charge in [0.2, 0.25) is 0 Å². The minimum atomic E-state index is -0.182. The zero-order chi connectivity index (χ0) is 13.5. The van der Waals surface area contributed by atoms with Crippen LogP contribution in [0.4, 0.5) is 0 Å². The van der Waals surface area contributed by atoms with Crippen LogP contribution in [0.15, 0.2) is 18.2 Å². The normalized spacial score (nSPS) is 24.4. The summed E-state index contributed by atoms with van der Waals surface area (Å²) in [5.41, 5.74) is 9.60. The van der Waals surface area contributed by atoms with Crippen LogP contribution < -0.4 is 10.5 Å². The summed E-state index contributed by atoms with van der Waals surface area (Å²) in [6.07, 6.45) is 6.80. The number of ether oxygens (including phenoxy) is 1. The Labute approximate surface area is 116 Å². The highest BCUT2D eigenvalue weighted by Gasteiger charge is 2.38. The van der Waals surface area contributed by atoms with Crippen LogP contribution in [0.5, 0.6) is 5.75 Å². The first-order valence-electron chi connectivity index (χ1n) is 7.54. The van der Waals surface area contributed by atoms with E-state index in [2.05, 4.69) is 32.0 Å². The predicted octanol–water partition coefficient (Wildman–Crippen LogP) is 3.77. The molecule has 0 saturated heterocycles. The van der Waals surface area contributed by atoms with Gasteiger partial charge in [0.05, 0.1) is 6.61 Å². The molecule has 2 aliphatic rings. The van der Waals surface area contributed by atoms with Gasteiger partial charge in [0, 0.05) is 11.1 Å². The van der Waals surface area contributed by atoms with Gasteiger partial charge >= 0.3 is 0 Å². The highest BCUT2D eigenvalue weighted by molar-refractivity contribution is 5.46. The number of hydrogen-bond donors (Lipinski definition) is 1. The summed E-state index contributed by atoms with van der Waals surface area (Å²) in [5, 5.41) is 0. The van der Waals surface area contributed by atoms with Gasteiger partial charge in [-0.1, -0.05) is 32.0 Å². The molecule has 0 bridgehead atoms. The molecule has 1 aliphatic heterocycles. The van der Waals surface area contributed by atoms with Gasteiger partial charge in [0.1, 0.15) is 5.75 Å². The van der Waals surface area contributed by atoms with E-state index >= 15 is 0 Å². The summed E-state index contributed by atoms with van der Waals surface area (Å²) in [5.74, 6) is 1.09. The third-order valence-corrected chi connectivity index (χ3v) is 4.97. The van der Waals surface area contributed by atoms with Gasteiger partial charge in [-0.15, -0.1) is 0 Å². The number of hydrogen-bond acceptors (Lipinski definition) is 2. The van der Waals surface area contributed by atoms with Crippen LogP contribution in [-0.2, 0) is 12.0 Å². The van der Waals surface area contributed by atoms with E-state index in [9.17, 15) is 0 Å². The van der Waals surface area contributed by atoms with Gasteiger partial charge in [-0.3, -0.25) is 0 Å². The molecular formula is C17H25NO. The molecule has 1 saturated carbocycles. The third-order valence-electron chi connectivity index (χ3n) is 4.97. The van der Waals surface area contributed by atoms with Crippen LogP contribution in [0.1, 0.15) is 57.1 Å². The fourth-order valence-electron chi connectivity index (χ4n) is 3.42. The Kier molecular flexibility index (Phi) is 3.09. The summed E-state index contributed by atoms with van der Waals surface area (Å²) in [6.45, 7) is 5.54. The summed E-state index contributed by atoms with van der Waals surface area (Å²) < 4.78 is 5.94. The number of rotatable bonds is 1. The minimum Gasteiger partial charge on any atom is -0.493 e. The molecule has 1 heterocycles. The Morgan fingerprint density at radius 3 is 2.58 bits per heavy atom. The predicted molar refractivity (Wildman–Crippen MR) is 78.4 cm³/mol. The maximum Gasteiger partial charge on any atom is 0.127 e. The van der Waals surface area contributed by atoms with Gasteiger partial charge in [-0.25, -0.2) is 0 Å².